The second-order valence-electron chi connectivity index (χ2n) is 8.09. The maximum atomic E-state index is 13.2. The quantitative estimate of drug-likeness (QED) is 0.554. The molecule has 2 amide bonds. The number of rotatable bonds is 4. The van der Waals surface area contributed by atoms with Crippen LogP contribution in [0.1, 0.15) is 35.0 Å². The van der Waals surface area contributed by atoms with Crippen molar-refractivity contribution in [2.75, 3.05) is 26.7 Å². The van der Waals surface area contributed by atoms with E-state index in [1.165, 1.54) is 24.0 Å². The van der Waals surface area contributed by atoms with Gasteiger partial charge in [-0.15, -0.1) is 15.0 Å². The van der Waals surface area contributed by atoms with Gasteiger partial charge in [0.1, 0.15) is 5.69 Å². The molecular weight excluding hydrogens is 469 g/mol. The number of amides is 2. The molecule has 0 bridgehead atoms. The first-order chi connectivity index (χ1) is 15.7. The molecule has 0 unspecified atom stereocenters. The van der Waals surface area contributed by atoms with Crippen molar-refractivity contribution in [3.05, 3.63) is 58.0 Å². The molecule has 1 aliphatic rings. The lowest BCUT2D eigenvalue weighted by atomic mass is 9.98. The summed E-state index contributed by atoms with van der Waals surface area (Å²) in [5.74, 6) is -0.444. The van der Waals surface area contributed by atoms with Crippen molar-refractivity contribution < 1.29 is 14.3 Å². The smallest absolute Gasteiger partial charge is 0.296 e. The maximum absolute atomic E-state index is 13.2. The summed E-state index contributed by atoms with van der Waals surface area (Å²) in [4.78, 5) is 34.9. The molecule has 33 heavy (non-hydrogen) atoms. The molecule has 2 aromatic heterocycles. The van der Waals surface area contributed by atoms with Gasteiger partial charge in [0.25, 0.3) is 17.6 Å². The number of hydrogen-bond acceptors (Lipinski definition) is 7. The van der Waals surface area contributed by atoms with Crippen LogP contribution in [0, 0.1) is 0 Å². The monoisotopic (exact) mass is 489 g/mol. The van der Waals surface area contributed by atoms with Crippen LogP contribution in [-0.4, -0.2) is 79.1 Å². The zero-order valence-corrected chi connectivity index (χ0v) is 19.7. The van der Waals surface area contributed by atoms with Gasteiger partial charge in [-0.25, -0.2) is 4.98 Å². The summed E-state index contributed by atoms with van der Waals surface area (Å²) < 4.78 is 5.10. The number of nitrogens with zero attached hydrogens (tertiary/aromatic N) is 7. The Kier molecular flexibility index (Phi) is 6.22. The predicted molar refractivity (Wildman–Crippen MR) is 121 cm³/mol. The number of aromatic nitrogens is 5. The van der Waals surface area contributed by atoms with Crippen LogP contribution in [0.5, 0.6) is 5.88 Å². The summed E-state index contributed by atoms with van der Waals surface area (Å²) in [6.07, 6.45) is 0. The minimum atomic E-state index is -0.685. The number of pyridine rings is 1. The highest BCUT2D eigenvalue weighted by molar-refractivity contribution is 6.31. The predicted octanol–water partition coefficient (Wildman–Crippen LogP) is 2.75. The molecule has 0 spiro atoms. The van der Waals surface area contributed by atoms with Crippen molar-refractivity contribution in [3.63, 3.8) is 0 Å². The number of hydrogen-bond donors (Lipinski definition) is 0. The van der Waals surface area contributed by atoms with E-state index in [4.69, 9.17) is 27.9 Å². The molecule has 1 fully saturated rings. The topological polar surface area (TPSA) is 106 Å². The van der Waals surface area contributed by atoms with E-state index in [1.807, 2.05) is 13.8 Å². The summed E-state index contributed by atoms with van der Waals surface area (Å²) >= 11 is 12.1. The lowest BCUT2D eigenvalue weighted by Crippen LogP contribution is -2.62. The molecule has 4 rings (SSSR count). The van der Waals surface area contributed by atoms with Crippen LogP contribution in [-0.2, 0) is 0 Å². The van der Waals surface area contributed by atoms with Crippen LogP contribution in [0.15, 0.2) is 36.4 Å². The van der Waals surface area contributed by atoms with Crippen molar-refractivity contribution >= 4 is 35.0 Å². The standard InChI is InChI=1S/C21H21Cl2N7O3/c1-21(2)12-28(19(31)16-10-14(23)11-17(24-16)33-3)7-8-29(21)20(32)18-25-27-30(26-18)15-6-4-5-13(22)9-15/h4-6,9-11H,7-8,12H2,1-3H3. The van der Waals surface area contributed by atoms with E-state index < -0.39 is 5.54 Å². The maximum Gasteiger partial charge on any atom is 0.296 e. The van der Waals surface area contributed by atoms with E-state index >= 15 is 0 Å². The first-order valence-corrected chi connectivity index (χ1v) is 10.8. The van der Waals surface area contributed by atoms with E-state index in [1.54, 1.807) is 34.1 Å². The molecule has 1 aliphatic heterocycles. The Bertz CT molecular complexity index is 1210. The molecule has 1 saturated heterocycles. The Morgan fingerprint density at radius 1 is 1.06 bits per heavy atom. The zero-order chi connectivity index (χ0) is 23.8. The molecule has 0 radical (unpaired) electrons. The van der Waals surface area contributed by atoms with E-state index in [0.717, 1.165) is 0 Å². The summed E-state index contributed by atoms with van der Waals surface area (Å²) in [5.41, 5.74) is 0.0871. The van der Waals surface area contributed by atoms with Crippen LogP contribution in [0.2, 0.25) is 10.0 Å². The van der Waals surface area contributed by atoms with E-state index in [0.29, 0.717) is 28.8 Å². The number of tetrazole rings is 1. The van der Waals surface area contributed by atoms with E-state index in [2.05, 4.69) is 20.4 Å². The molecule has 0 N–H and O–H groups in total. The third-order valence-corrected chi connectivity index (χ3v) is 5.73. The van der Waals surface area contributed by atoms with Crippen molar-refractivity contribution in [1.82, 2.24) is 35.0 Å². The molecule has 172 valence electrons. The van der Waals surface area contributed by atoms with Gasteiger partial charge >= 0.3 is 0 Å². The number of carbonyl (C=O) groups excluding carboxylic acids is 2. The Hall–Kier alpha value is -3.24. The normalized spacial score (nSPS) is 15.4. The zero-order valence-electron chi connectivity index (χ0n) is 18.2. The number of halogens is 2. The number of methoxy groups -OCH3 is 1. The Morgan fingerprint density at radius 2 is 1.85 bits per heavy atom. The first-order valence-electron chi connectivity index (χ1n) is 10.1. The Labute approximate surface area is 200 Å². The minimum Gasteiger partial charge on any atom is -0.481 e. The van der Waals surface area contributed by atoms with Crippen molar-refractivity contribution in [3.8, 4) is 11.6 Å². The fourth-order valence-electron chi connectivity index (χ4n) is 3.68. The van der Waals surface area contributed by atoms with Crippen LogP contribution >= 0.6 is 23.2 Å². The lowest BCUT2D eigenvalue weighted by molar-refractivity contribution is 0.0158. The second-order valence-corrected chi connectivity index (χ2v) is 8.96. The Morgan fingerprint density at radius 3 is 2.55 bits per heavy atom. The lowest BCUT2D eigenvalue weighted by Gasteiger charge is -2.46. The minimum absolute atomic E-state index is 0.0379. The summed E-state index contributed by atoms with van der Waals surface area (Å²) in [6.45, 7) is 4.64. The molecule has 1 aromatic carbocycles. The number of ether oxygens (including phenoxy) is 1. The van der Waals surface area contributed by atoms with Gasteiger partial charge in [-0.05, 0) is 43.3 Å². The molecule has 0 atom stereocenters. The van der Waals surface area contributed by atoms with E-state index in [9.17, 15) is 9.59 Å². The van der Waals surface area contributed by atoms with Crippen molar-refractivity contribution in [1.29, 1.82) is 0 Å². The van der Waals surface area contributed by atoms with Crippen LogP contribution in [0.4, 0.5) is 0 Å². The highest BCUT2D eigenvalue weighted by Gasteiger charge is 2.40. The molecule has 0 aliphatic carbocycles. The average molecular weight is 490 g/mol. The van der Waals surface area contributed by atoms with Gasteiger partial charge in [0.05, 0.1) is 18.3 Å². The third kappa shape index (κ3) is 4.76. The number of benzene rings is 1. The fraction of sp³-hybridized carbons (Fsp3) is 0.333. The molecule has 3 heterocycles. The molecule has 10 nitrogen and oxygen atoms in total. The first kappa shape index (κ1) is 22.9. The summed E-state index contributed by atoms with van der Waals surface area (Å²) in [5, 5.41) is 13.0. The highest BCUT2D eigenvalue weighted by atomic mass is 35.5. The van der Waals surface area contributed by atoms with Crippen molar-refractivity contribution in [2.45, 2.75) is 19.4 Å². The van der Waals surface area contributed by atoms with Gasteiger partial charge < -0.3 is 14.5 Å². The van der Waals surface area contributed by atoms with Gasteiger partial charge in [0.2, 0.25) is 5.88 Å². The van der Waals surface area contributed by atoms with Gasteiger partial charge in [0, 0.05) is 35.7 Å². The molecule has 12 heteroatoms. The van der Waals surface area contributed by atoms with Gasteiger partial charge in [-0.3, -0.25) is 9.59 Å². The second kappa shape index (κ2) is 8.95. The number of carbonyl (C=O) groups is 2. The van der Waals surface area contributed by atoms with Crippen LogP contribution in [0.3, 0.4) is 0 Å². The molecule has 0 saturated carbocycles. The largest absolute Gasteiger partial charge is 0.481 e. The average Bonchev–Trinajstić information content (AvgIpc) is 3.27. The Balaban J connectivity index is 1.50. The third-order valence-electron chi connectivity index (χ3n) is 5.27. The van der Waals surface area contributed by atoms with Crippen LogP contribution < -0.4 is 4.74 Å². The van der Waals surface area contributed by atoms with Gasteiger partial charge in [-0.1, -0.05) is 29.3 Å². The fourth-order valence-corrected chi connectivity index (χ4v) is 4.07. The summed E-state index contributed by atoms with van der Waals surface area (Å²) in [6, 6.07) is 9.94. The van der Waals surface area contributed by atoms with Crippen LogP contribution in [0.25, 0.3) is 5.69 Å². The molecular formula is C21H21Cl2N7O3. The van der Waals surface area contributed by atoms with Crippen molar-refractivity contribution in [2.24, 2.45) is 0 Å². The number of piperazine rings is 1. The SMILES string of the molecule is COc1cc(Cl)cc(C(=O)N2CCN(C(=O)c3nnn(-c4cccc(Cl)c4)n3)C(C)(C)C2)n1. The van der Waals surface area contributed by atoms with E-state index in [-0.39, 0.29) is 35.8 Å². The summed E-state index contributed by atoms with van der Waals surface area (Å²) in [7, 11) is 1.46. The van der Waals surface area contributed by atoms with Gasteiger partial charge in [0.15, 0.2) is 0 Å². The van der Waals surface area contributed by atoms with Gasteiger partial charge in [-0.2, -0.15) is 0 Å². The molecule has 3 aromatic rings. The highest BCUT2D eigenvalue weighted by Crippen LogP contribution is 2.25.